The normalized spacial score (nSPS) is 19.6. The molecule has 1 aliphatic heterocycles. The number of hydrogen-bond donors (Lipinski definition) is 2. The van der Waals surface area contributed by atoms with Gasteiger partial charge in [-0.05, 0) is 17.5 Å². The number of primary amides is 1. The number of Topliss-reactive ketones (excluding diaryl/α,β-unsaturated/α-hetero) is 1. The lowest BCUT2D eigenvalue weighted by Gasteiger charge is -2.20. The number of hydrogen-bond acceptors (Lipinski definition) is 4. The minimum absolute atomic E-state index is 0.378. The first-order valence-corrected chi connectivity index (χ1v) is 7.37. The standard InChI is InChI=1S/C10H10O.C5H10N2O2.C2H4/c11-10-6-5-8-3-1-2-4-9(8)7-10;6-5(8)4-3-7-1-2-9-4;1-2/h1-4H,5-7H2;4,7H,1-3H2,(H2,6,8);1-2H2. The maximum atomic E-state index is 11.0. The van der Waals surface area contributed by atoms with Crippen LogP contribution in [0.15, 0.2) is 37.4 Å². The fourth-order valence-corrected chi connectivity index (χ4v) is 2.30. The Balaban J connectivity index is 0.000000202. The molecule has 3 N–H and O–H groups in total. The molecule has 1 atom stereocenters. The Kier molecular flexibility index (Phi) is 8.10. The average molecular weight is 304 g/mol. The van der Waals surface area contributed by atoms with Gasteiger partial charge in [0.15, 0.2) is 0 Å². The lowest BCUT2D eigenvalue weighted by atomic mass is 9.91. The number of ether oxygens (including phenoxy) is 1. The maximum absolute atomic E-state index is 11.0. The van der Waals surface area contributed by atoms with Crippen LogP contribution in [-0.2, 0) is 27.2 Å². The van der Waals surface area contributed by atoms with E-state index in [0.29, 0.717) is 25.4 Å². The van der Waals surface area contributed by atoms with Crippen molar-refractivity contribution in [1.29, 1.82) is 0 Å². The number of morpholine rings is 1. The number of nitrogens with one attached hydrogen (secondary N) is 1. The van der Waals surface area contributed by atoms with Gasteiger partial charge < -0.3 is 15.8 Å². The molecule has 1 aromatic rings. The van der Waals surface area contributed by atoms with Gasteiger partial charge in [-0.1, -0.05) is 24.3 Å². The van der Waals surface area contributed by atoms with Crippen LogP contribution < -0.4 is 11.1 Å². The number of fused-ring (bicyclic) bond motifs is 1. The van der Waals surface area contributed by atoms with Crippen molar-refractivity contribution >= 4 is 11.7 Å². The SMILES string of the molecule is C=C.NC(=O)C1CNCCO1.O=C1CCc2ccccc2C1. The first-order chi connectivity index (χ1) is 10.7. The topological polar surface area (TPSA) is 81.4 Å². The van der Waals surface area contributed by atoms with E-state index in [1.807, 2.05) is 18.2 Å². The van der Waals surface area contributed by atoms with Gasteiger partial charge in [0, 0.05) is 25.9 Å². The Labute approximate surface area is 131 Å². The highest BCUT2D eigenvalue weighted by atomic mass is 16.5. The summed E-state index contributed by atoms with van der Waals surface area (Å²) in [7, 11) is 0. The first-order valence-electron chi connectivity index (χ1n) is 7.37. The van der Waals surface area contributed by atoms with Crippen molar-refractivity contribution in [2.24, 2.45) is 5.73 Å². The zero-order valence-corrected chi connectivity index (χ0v) is 12.8. The van der Waals surface area contributed by atoms with Gasteiger partial charge in [-0.3, -0.25) is 9.59 Å². The van der Waals surface area contributed by atoms with Crippen LogP contribution in [0.3, 0.4) is 0 Å². The third-order valence-electron chi connectivity index (χ3n) is 3.42. The summed E-state index contributed by atoms with van der Waals surface area (Å²) >= 11 is 0. The van der Waals surface area contributed by atoms with E-state index in [-0.39, 0.29) is 5.91 Å². The Morgan fingerprint density at radius 2 is 1.91 bits per heavy atom. The molecule has 5 nitrogen and oxygen atoms in total. The zero-order valence-electron chi connectivity index (χ0n) is 12.8. The van der Waals surface area contributed by atoms with Gasteiger partial charge in [0.05, 0.1) is 6.61 Å². The van der Waals surface area contributed by atoms with Crippen LogP contribution in [-0.4, -0.2) is 37.5 Å². The van der Waals surface area contributed by atoms with Crippen LogP contribution in [0.5, 0.6) is 0 Å². The average Bonchev–Trinajstić information content (AvgIpc) is 2.58. The monoisotopic (exact) mass is 304 g/mol. The molecule has 1 amide bonds. The second-order valence-corrected chi connectivity index (χ2v) is 4.95. The molecule has 1 aromatic carbocycles. The molecule has 0 spiro atoms. The number of ketones is 1. The Hall–Kier alpha value is -1.98. The second kappa shape index (κ2) is 9.87. The number of amides is 1. The number of carbonyl (C=O) groups excluding carboxylic acids is 2. The van der Waals surface area contributed by atoms with Gasteiger partial charge >= 0.3 is 0 Å². The summed E-state index contributed by atoms with van der Waals surface area (Å²) in [5.41, 5.74) is 7.54. The summed E-state index contributed by atoms with van der Waals surface area (Å²) in [5, 5.41) is 2.99. The van der Waals surface area contributed by atoms with E-state index in [9.17, 15) is 9.59 Å². The van der Waals surface area contributed by atoms with Crippen molar-refractivity contribution in [3.63, 3.8) is 0 Å². The molecule has 0 saturated carbocycles. The van der Waals surface area contributed by atoms with Gasteiger partial charge in [-0.25, -0.2) is 0 Å². The number of aryl methyl sites for hydroxylation is 1. The van der Waals surface area contributed by atoms with Gasteiger partial charge in [-0.15, -0.1) is 13.2 Å². The second-order valence-electron chi connectivity index (χ2n) is 4.95. The molecule has 1 saturated heterocycles. The lowest BCUT2D eigenvalue weighted by molar-refractivity contribution is -0.130. The minimum atomic E-state index is -0.418. The van der Waals surface area contributed by atoms with Crippen molar-refractivity contribution in [3.8, 4) is 0 Å². The molecule has 0 bridgehead atoms. The van der Waals surface area contributed by atoms with E-state index in [1.54, 1.807) is 0 Å². The Morgan fingerprint density at radius 3 is 2.45 bits per heavy atom. The van der Waals surface area contributed by atoms with E-state index in [4.69, 9.17) is 10.5 Å². The predicted octanol–water partition coefficient (Wildman–Crippen LogP) is 1.01. The highest BCUT2D eigenvalue weighted by Gasteiger charge is 2.17. The molecule has 2 aliphatic rings. The van der Waals surface area contributed by atoms with Gasteiger partial charge in [0.1, 0.15) is 11.9 Å². The van der Waals surface area contributed by atoms with E-state index in [0.717, 1.165) is 19.4 Å². The summed E-state index contributed by atoms with van der Waals surface area (Å²) in [6.07, 6.45) is 1.90. The van der Waals surface area contributed by atoms with Gasteiger partial charge in [-0.2, -0.15) is 0 Å². The third-order valence-corrected chi connectivity index (χ3v) is 3.42. The summed E-state index contributed by atoms with van der Waals surface area (Å²) in [5.74, 6) is -0.00843. The molecular formula is C17H24N2O3. The quantitative estimate of drug-likeness (QED) is 0.759. The highest BCUT2D eigenvalue weighted by Crippen LogP contribution is 2.17. The van der Waals surface area contributed by atoms with Crippen molar-refractivity contribution in [3.05, 3.63) is 48.6 Å². The van der Waals surface area contributed by atoms with Crippen molar-refractivity contribution < 1.29 is 14.3 Å². The molecule has 1 aliphatic carbocycles. The predicted molar refractivity (Wildman–Crippen MR) is 86.5 cm³/mol. The fraction of sp³-hybridized carbons (Fsp3) is 0.412. The van der Waals surface area contributed by atoms with E-state index < -0.39 is 6.10 Å². The molecular weight excluding hydrogens is 280 g/mol. The molecule has 1 fully saturated rings. The summed E-state index contributed by atoms with van der Waals surface area (Å²) in [6.45, 7) is 7.94. The number of benzene rings is 1. The van der Waals surface area contributed by atoms with Crippen molar-refractivity contribution in [2.45, 2.75) is 25.4 Å². The van der Waals surface area contributed by atoms with Crippen LogP contribution in [0, 0.1) is 0 Å². The molecule has 1 heterocycles. The molecule has 1 unspecified atom stereocenters. The zero-order chi connectivity index (χ0) is 16.4. The van der Waals surface area contributed by atoms with Crippen LogP contribution >= 0.6 is 0 Å². The molecule has 120 valence electrons. The lowest BCUT2D eigenvalue weighted by Crippen LogP contribution is -2.45. The van der Waals surface area contributed by atoms with E-state index in [1.165, 1.54) is 11.1 Å². The summed E-state index contributed by atoms with van der Waals surface area (Å²) in [6, 6.07) is 8.19. The smallest absolute Gasteiger partial charge is 0.247 e. The number of nitrogens with two attached hydrogens (primary N) is 1. The first kappa shape index (κ1) is 18.1. The molecule has 22 heavy (non-hydrogen) atoms. The van der Waals surface area contributed by atoms with E-state index >= 15 is 0 Å². The minimum Gasteiger partial charge on any atom is -0.367 e. The third kappa shape index (κ3) is 5.79. The van der Waals surface area contributed by atoms with Crippen LogP contribution in [0.4, 0.5) is 0 Å². The van der Waals surface area contributed by atoms with Gasteiger partial charge in [0.2, 0.25) is 5.91 Å². The number of carbonyl (C=O) groups is 2. The Bertz CT molecular complexity index is 496. The van der Waals surface area contributed by atoms with Crippen LogP contribution in [0.25, 0.3) is 0 Å². The molecule has 0 radical (unpaired) electrons. The largest absolute Gasteiger partial charge is 0.367 e. The van der Waals surface area contributed by atoms with E-state index in [2.05, 4.69) is 24.5 Å². The molecule has 0 aromatic heterocycles. The van der Waals surface area contributed by atoms with Crippen molar-refractivity contribution in [2.75, 3.05) is 19.7 Å². The molecule has 3 rings (SSSR count). The Morgan fingerprint density at radius 1 is 1.23 bits per heavy atom. The summed E-state index contributed by atoms with van der Waals surface area (Å²) < 4.78 is 5.00. The number of rotatable bonds is 1. The summed E-state index contributed by atoms with van der Waals surface area (Å²) in [4.78, 5) is 21.4. The van der Waals surface area contributed by atoms with Gasteiger partial charge in [0.25, 0.3) is 0 Å². The molecule has 5 heteroatoms. The highest BCUT2D eigenvalue weighted by molar-refractivity contribution is 5.83. The van der Waals surface area contributed by atoms with Crippen LogP contribution in [0.1, 0.15) is 17.5 Å². The maximum Gasteiger partial charge on any atom is 0.247 e. The van der Waals surface area contributed by atoms with Crippen LogP contribution in [0.2, 0.25) is 0 Å². The van der Waals surface area contributed by atoms with Crippen molar-refractivity contribution in [1.82, 2.24) is 5.32 Å². The fourth-order valence-electron chi connectivity index (χ4n) is 2.30.